The molecule has 0 radical (unpaired) electrons. The molecule has 14 atom stereocenters. The van der Waals surface area contributed by atoms with Crippen molar-refractivity contribution in [1.82, 2.24) is 29.2 Å². The number of aromatic nitrogens is 2. The zero-order valence-electron chi connectivity index (χ0n) is 68.5. The summed E-state index contributed by atoms with van der Waals surface area (Å²) in [6.45, 7) is 14.7. The summed E-state index contributed by atoms with van der Waals surface area (Å²) in [7, 11) is -8.06. The fraction of sp³-hybridized carbons (Fsp3) is 0.651. The molecule has 4 amide bonds. The molecule has 4 aliphatic carbocycles. The van der Waals surface area contributed by atoms with Gasteiger partial charge in [0.1, 0.15) is 23.7 Å². The molecule has 4 saturated carbocycles. The molecular formula is C86H108F6N6O18S2. The Labute approximate surface area is 684 Å². The van der Waals surface area contributed by atoms with Crippen LogP contribution in [0.15, 0.2) is 73.1 Å². The third-order valence-electron chi connectivity index (χ3n) is 26.8. The van der Waals surface area contributed by atoms with Crippen LogP contribution in [0, 0.1) is 58.2 Å². The second-order valence-corrected chi connectivity index (χ2v) is 40.7. The van der Waals surface area contributed by atoms with Crippen LogP contribution in [0.2, 0.25) is 0 Å². The van der Waals surface area contributed by atoms with Gasteiger partial charge in [-0.25, -0.2) is 26.8 Å². The summed E-state index contributed by atoms with van der Waals surface area (Å²) < 4.78 is 173. The minimum absolute atomic E-state index is 0.00980. The van der Waals surface area contributed by atoms with Crippen molar-refractivity contribution in [3.63, 3.8) is 0 Å². The molecule has 2 aromatic carbocycles. The van der Waals surface area contributed by atoms with E-state index in [0.717, 1.165) is 73.9 Å². The van der Waals surface area contributed by atoms with Crippen molar-refractivity contribution in [3.8, 4) is 23.3 Å². The van der Waals surface area contributed by atoms with Crippen LogP contribution in [0.5, 0.6) is 23.3 Å². The van der Waals surface area contributed by atoms with Gasteiger partial charge in [0, 0.05) is 72.5 Å². The maximum absolute atomic E-state index is 15.0. The number of allylic oxidation sites excluding steroid dienone is 4. The predicted molar refractivity (Wildman–Crippen MR) is 421 cm³/mol. The molecule has 0 spiro atoms. The maximum atomic E-state index is 15.0. The van der Waals surface area contributed by atoms with Crippen LogP contribution in [-0.2, 0) is 80.7 Å². The van der Waals surface area contributed by atoms with Crippen LogP contribution in [-0.4, -0.2) is 167 Å². The first-order chi connectivity index (χ1) is 55.4. The number of ether oxygens (including phenoxy) is 6. The Morgan fingerprint density at radius 2 is 0.924 bits per heavy atom. The molecule has 6 aliphatic heterocycles. The lowest BCUT2D eigenvalue weighted by molar-refractivity contribution is -0.257. The Bertz CT molecular complexity index is 4610. The van der Waals surface area contributed by atoms with Gasteiger partial charge >= 0.3 is 24.3 Å². The Morgan fingerprint density at radius 3 is 1.27 bits per heavy atom. The molecule has 4 aromatic rings. The molecule has 14 rings (SSSR count). The van der Waals surface area contributed by atoms with E-state index in [1.165, 1.54) is 9.80 Å². The van der Waals surface area contributed by atoms with Crippen molar-refractivity contribution in [1.29, 1.82) is 0 Å². The summed E-state index contributed by atoms with van der Waals surface area (Å²) in [4.78, 5) is 126. The van der Waals surface area contributed by atoms with Crippen LogP contribution < -0.4 is 28.4 Å². The molecule has 0 bridgehead atoms. The summed E-state index contributed by atoms with van der Waals surface area (Å²) >= 11 is 0. The van der Waals surface area contributed by atoms with E-state index in [2.05, 4.69) is 19.4 Å². The summed E-state index contributed by atoms with van der Waals surface area (Å²) in [6.07, 6.45) is 5.39. The highest BCUT2D eigenvalue weighted by molar-refractivity contribution is 7.92. The molecule has 10 aliphatic rings. The smallest absolute Gasteiger partial charge is 0.427 e. The number of nitrogens with zero attached hydrogens (tertiary/aromatic N) is 4. The molecule has 2 aromatic heterocycles. The van der Waals surface area contributed by atoms with Crippen molar-refractivity contribution in [2.75, 3.05) is 26.3 Å². The molecular weight excluding hydrogens is 1580 g/mol. The number of amides is 4. The standard InChI is InChI=1S/2C43H54F3N3O9S/c2*1-6-26-19-25(2)9-7-8-10-28-22-42(28,39(53)48-59(54,55)41(5)15-16-41)23-34(50)33-20-29(57-37-31-12-11-27-14-18-56-36(27)30(31)13-17-47-37)24-49(33)38(52)32(26)21-35(51)58-40(3,4)43(44,45)46/h2*8,10-13,17,25-26,28-29,32-33H,6-7,9,14-16,18-24H2,1-5H3,(H,48,53)/b2*10-8-/t25-,26+,28+,29+,32-,33-,42+;25-,26-,28-,29-,32+,33+,42-/m01/s1. The first-order valence-electron chi connectivity index (χ1n) is 41.5. The Morgan fingerprint density at radius 1 is 0.551 bits per heavy atom. The minimum atomic E-state index is -4.86. The lowest BCUT2D eigenvalue weighted by Crippen LogP contribution is -2.49. The van der Waals surface area contributed by atoms with E-state index in [0.29, 0.717) is 101 Å². The second kappa shape index (κ2) is 32.9. The average Bonchev–Trinajstić information content (AvgIpc) is 1.57. The van der Waals surface area contributed by atoms with Gasteiger partial charge in [0.25, 0.3) is 0 Å². The highest BCUT2D eigenvalue weighted by Gasteiger charge is 2.65. The van der Waals surface area contributed by atoms with Crippen LogP contribution in [0.25, 0.3) is 21.5 Å². The highest BCUT2D eigenvalue weighted by atomic mass is 32.2. The normalized spacial score (nSPS) is 30.2. The number of hydrogen-bond donors (Lipinski definition) is 2. The average molecular weight is 1690 g/mol. The number of rotatable bonds is 18. The van der Waals surface area contributed by atoms with Gasteiger partial charge in [-0.3, -0.25) is 47.8 Å². The fourth-order valence-corrected chi connectivity index (χ4v) is 20.7. The SMILES string of the molecule is CC[C@@H]1C[C@@H](C)CC/C=C\[C@@H]2C[C@@]2(C(=O)NS(=O)(=O)C2(C)CC2)CC(=O)[C@@H]2C[C@@H](Oc3nccc4c5c(ccc34)CCO5)CN2C(=O)[C@H]1CC(=O)OC(C)(C)C(F)(F)F.CC[C@@H]1C[C@H](C)CC/C=C\[C@@H]2C[C@@]2(C(=O)NS(=O)(=O)C2(C)CC2)CC(=O)[C@@H]2C[C@@H](Oc3nccc4c5c(ccc34)CCO5)CN2C(=O)[C@H]1CC(=O)OC(C)(C)C(F)(F)F. The van der Waals surface area contributed by atoms with E-state index in [4.69, 9.17) is 28.4 Å². The van der Waals surface area contributed by atoms with E-state index >= 15 is 9.59 Å². The summed E-state index contributed by atoms with van der Waals surface area (Å²) in [5, 5.41) is 2.91. The van der Waals surface area contributed by atoms with E-state index in [9.17, 15) is 71.9 Å². The van der Waals surface area contributed by atoms with Crippen molar-refractivity contribution < 1.29 is 110 Å². The fourth-order valence-electron chi connectivity index (χ4n) is 18.1. The van der Waals surface area contributed by atoms with Gasteiger partial charge in [0.2, 0.25) is 66.6 Å². The van der Waals surface area contributed by atoms with E-state index < -0.39 is 184 Å². The molecule has 32 heteroatoms. The van der Waals surface area contributed by atoms with Gasteiger partial charge in [-0.15, -0.1) is 0 Å². The van der Waals surface area contributed by atoms with Gasteiger partial charge in [-0.2, -0.15) is 26.3 Å². The van der Waals surface area contributed by atoms with E-state index in [1.807, 2.05) is 88.4 Å². The first kappa shape index (κ1) is 87.4. The molecule has 8 heterocycles. The number of fused-ring (bicyclic) bond motifs is 10. The van der Waals surface area contributed by atoms with Crippen molar-refractivity contribution in [2.24, 2.45) is 58.2 Å². The second-order valence-electron chi connectivity index (χ2n) is 36.3. The number of alkyl halides is 6. The number of Topliss-reactive ketones (excluding diaryl/α,β-unsaturated/α-hetero) is 2. The van der Waals surface area contributed by atoms with E-state index in [1.54, 1.807) is 26.2 Å². The van der Waals surface area contributed by atoms with Gasteiger partial charge in [-0.1, -0.05) is 77.0 Å². The number of halogens is 6. The molecule has 0 unspecified atom stereocenters. The Hall–Kier alpha value is -8.42. The van der Waals surface area contributed by atoms with Gasteiger partial charge in [0.05, 0.1) is 83.4 Å². The first-order valence-corrected chi connectivity index (χ1v) is 44.4. The zero-order chi connectivity index (χ0) is 85.4. The monoisotopic (exact) mass is 1690 g/mol. The van der Waals surface area contributed by atoms with Crippen molar-refractivity contribution in [2.45, 2.75) is 268 Å². The molecule has 2 N–H and O–H groups in total. The van der Waals surface area contributed by atoms with Gasteiger partial charge in [-0.05, 0) is 189 Å². The van der Waals surface area contributed by atoms with Gasteiger partial charge in [0.15, 0.2) is 11.6 Å². The van der Waals surface area contributed by atoms with E-state index in [-0.39, 0.29) is 75.2 Å². The third kappa shape index (κ3) is 17.9. The van der Waals surface area contributed by atoms with Gasteiger partial charge < -0.3 is 38.2 Å². The quantitative estimate of drug-likeness (QED) is 0.0531. The van der Waals surface area contributed by atoms with Crippen LogP contribution in [0.3, 0.4) is 0 Å². The number of esters is 2. The minimum Gasteiger partial charge on any atom is -0.492 e. The molecule has 6 fully saturated rings. The number of carbonyl (C=O) groups excluding carboxylic acids is 8. The maximum Gasteiger partial charge on any atom is 0.427 e. The number of carbonyl (C=O) groups is 8. The highest BCUT2D eigenvalue weighted by Crippen LogP contribution is 2.60. The van der Waals surface area contributed by atoms with Crippen LogP contribution in [0.4, 0.5) is 26.3 Å². The number of ketones is 2. The molecule has 2 saturated heterocycles. The largest absolute Gasteiger partial charge is 0.492 e. The lowest BCUT2D eigenvalue weighted by atomic mass is 9.79. The molecule has 118 heavy (non-hydrogen) atoms. The summed E-state index contributed by atoms with van der Waals surface area (Å²) in [6, 6.07) is 8.97. The molecule has 644 valence electrons. The third-order valence-corrected chi connectivity index (χ3v) is 31.1. The lowest BCUT2D eigenvalue weighted by Gasteiger charge is -2.34. The van der Waals surface area contributed by atoms with Crippen LogP contribution in [0.1, 0.15) is 209 Å². The number of sulfonamides is 2. The Kier molecular flexibility index (Phi) is 24.3. The number of hydrogen-bond acceptors (Lipinski definition) is 20. The molecule has 24 nitrogen and oxygen atoms in total. The summed E-state index contributed by atoms with van der Waals surface area (Å²) in [5.74, 6) is -8.07. The predicted octanol–water partition coefficient (Wildman–Crippen LogP) is 13.5. The number of pyridine rings is 2. The number of benzene rings is 2. The number of nitrogens with one attached hydrogen (secondary N) is 2. The Balaban J connectivity index is 0.000000205. The van der Waals surface area contributed by atoms with Crippen molar-refractivity contribution >= 4 is 88.7 Å². The topological polar surface area (TPSA) is 317 Å². The summed E-state index contributed by atoms with van der Waals surface area (Å²) in [5.41, 5.74) is -6.27. The van der Waals surface area contributed by atoms with Crippen molar-refractivity contribution in [3.05, 3.63) is 84.2 Å². The zero-order valence-corrected chi connectivity index (χ0v) is 70.1. The van der Waals surface area contributed by atoms with Crippen LogP contribution >= 0.6 is 0 Å².